The highest BCUT2D eigenvalue weighted by atomic mass is 16.6. The van der Waals surface area contributed by atoms with E-state index in [1.807, 2.05) is 17.9 Å². The average Bonchev–Trinajstić information content (AvgIpc) is 2.48. The normalized spacial score (nSPS) is 22.6. The Hall–Kier alpha value is -1.51. The smallest absolute Gasteiger partial charge is 0.410 e. The van der Waals surface area contributed by atoms with Crippen LogP contribution in [0.3, 0.4) is 0 Å². The molecule has 3 heteroatoms. The molecule has 0 saturated heterocycles. The maximum Gasteiger partial charge on any atom is 0.415 e. The molecule has 1 amide bonds. The second-order valence-electron chi connectivity index (χ2n) is 6.32. The summed E-state index contributed by atoms with van der Waals surface area (Å²) < 4.78 is 5.46. The molecule has 0 spiro atoms. The van der Waals surface area contributed by atoms with E-state index in [0.29, 0.717) is 12.3 Å². The third-order valence-electron chi connectivity index (χ3n) is 4.57. The Labute approximate surface area is 128 Å². The fourth-order valence-electron chi connectivity index (χ4n) is 3.34. The van der Waals surface area contributed by atoms with E-state index in [-0.39, 0.29) is 12.1 Å². The SMILES string of the molecule is C=C/C=C\C1=C(C)CN(C(C)CC2CCCCC2)C(=O)O1. The lowest BCUT2D eigenvalue weighted by Gasteiger charge is -2.35. The minimum atomic E-state index is -0.215. The van der Waals surface area contributed by atoms with Gasteiger partial charge >= 0.3 is 6.09 Å². The molecule has 21 heavy (non-hydrogen) atoms. The Morgan fingerprint density at radius 1 is 1.38 bits per heavy atom. The molecule has 0 aromatic carbocycles. The summed E-state index contributed by atoms with van der Waals surface area (Å²) in [6.45, 7) is 8.48. The second kappa shape index (κ2) is 7.48. The van der Waals surface area contributed by atoms with E-state index >= 15 is 0 Å². The topological polar surface area (TPSA) is 29.5 Å². The fourth-order valence-corrected chi connectivity index (χ4v) is 3.34. The van der Waals surface area contributed by atoms with Crippen LogP contribution >= 0.6 is 0 Å². The van der Waals surface area contributed by atoms with Crippen LogP contribution in [0.2, 0.25) is 0 Å². The molecule has 1 aliphatic carbocycles. The summed E-state index contributed by atoms with van der Waals surface area (Å²) in [5.74, 6) is 1.44. The first-order valence-corrected chi connectivity index (χ1v) is 8.09. The van der Waals surface area contributed by atoms with Crippen LogP contribution in [0.5, 0.6) is 0 Å². The molecule has 2 rings (SSSR count). The molecule has 1 saturated carbocycles. The van der Waals surface area contributed by atoms with Crippen LogP contribution in [0.1, 0.15) is 52.4 Å². The Kier molecular flexibility index (Phi) is 5.66. The van der Waals surface area contributed by atoms with Gasteiger partial charge in [-0.3, -0.25) is 0 Å². The van der Waals surface area contributed by atoms with Gasteiger partial charge in [-0.1, -0.05) is 50.8 Å². The zero-order chi connectivity index (χ0) is 15.2. The predicted octanol–water partition coefficient (Wildman–Crippen LogP) is 4.81. The minimum Gasteiger partial charge on any atom is -0.410 e. The number of hydrogen-bond acceptors (Lipinski definition) is 2. The molecule has 1 fully saturated rings. The van der Waals surface area contributed by atoms with Gasteiger partial charge in [0.05, 0.1) is 0 Å². The molecule has 2 aliphatic rings. The van der Waals surface area contributed by atoms with E-state index in [2.05, 4.69) is 13.5 Å². The van der Waals surface area contributed by atoms with Crippen molar-refractivity contribution in [1.29, 1.82) is 0 Å². The maximum absolute atomic E-state index is 12.2. The number of allylic oxidation sites excluding steroid dienone is 3. The zero-order valence-corrected chi connectivity index (χ0v) is 13.3. The monoisotopic (exact) mass is 289 g/mol. The van der Waals surface area contributed by atoms with Gasteiger partial charge in [-0.2, -0.15) is 0 Å². The molecule has 0 aromatic heterocycles. The van der Waals surface area contributed by atoms with Gasteiger partial charge in [0.15, 0.2) is 0 Å². The molecule has 0 bridgehead atoms. The number of rotatable bonds is 5. The summed E-state index contributed by atoms with van der Waals surface area (Å²) >= 11 is 0. The van der Waals surface area contributed by atoms with Crippen LogP contribution in [0.4, 0.5) is 4.79 Å². The van der Waals surface area contributed by atoms with Crippen molar-refractivity contribution < 1.29 is 9.53 Å². The van der Waals surface area contributed by atoms with Crippen molar-refractivity contribution in [2.45, 2.75) is 58.4 Å². The van der Waals surface area contributed by atoms with Crippen LogP contribution < -0.4 is 0 Å². The Morgan fingerprint density at radius 3 is 2.76 bits per heavy atom. The summed E-state index contributed by atoms with van der Waals surface area (Å²) in [5.41, 5.74) is 1.10. The summed E-state index contributed by atoms with van der Waals surface area (Å²) in [7, 11) is 0. The van der Waals surface area contributed by atoms with E-state index in [4.69, 9.17) is 4.74 Å². The molecule has 1 atom stereocenters. The van der Waals surface area contributed by atoms with Gasteiger partial charge < -0.3 is 9.64 Å². The highest BCUT2D eigenvalue weighted by Gasteiger charge is 2.29. The van der Waals surface area contributed by atoms with Crippen molar-refractivity contribution in [1.82, 2.24) is 4.90 Å². The number of cyclic esters (lactones) is 1. The van der Waals surface area contributed by atoms with Crippen molar-refractivity contribution in [3.8, 4) is 0 Å². The average molecular weight is 289 g/mol. The van der Waals surface area contributed by atoms with Gasteiger partial charge in [0, 0.05) is 12.6 Å². The number of carbonyl (C=O) groups is 1. The lowest BCUT2D eigenvalue weighted by Crippen LogP contribution is -2.43. The van der Waals surface area contributed by atoms with Crippen molar-refractivity contribution >= 4 is 6.09 Å². The van der Waals surface area contributed by atoms with Gasteiger partial charge in [-0.25, -0.2) is 4.79 Å². The van der Waals surface area contributed by atoms with E-state index < -0.39 is 0 Å². The van der Waals surface area contributed by atoms with Crippen LogP contribution in [0, 0.1) is 5.92 Å². The Morgan fingerprint density at radius 2 is 2.10 bits per heavy atom. The highest BCUT2D eigenvalue weighted by Crippen LogP contribution is 2.30. The molecule has 0 radical (unpaired) electrons. The first-order chi connectivity index (χ1) is 10.1. The third kappa shape index (κ3) is 4.23. The van der Waals surface area contributed by atoms with E-state index in [0.717, 1.165) is 17.9 Å². The molecular weight excluding hydrogens is 262 g/mol. The van der Waals surface area contributed by atoms with Gasteiger partial charge in [-0.05, 0) is 37.8 Å². The van der Waals surface area contributed by atoms with Crippen molar-refractivity contribution in [3.63, 3.8) is 0 Å². The fraction of sp³-hybridized carbons (Fsp3) is 0.611. The van der Waals surface area contributed by atoms with Crippen LogP contribution in [0.15, 0.2) is 36.1 Å². The summed E-state index contributed by atoms with van der Waals surface area (Å²) in [5, 5.41) is 0. The van der Waals surface area contributed by atoms with Crippen molar-refractivity contribution in [2.75, 3.05) is 6.54 Å². The summed E-state index contributed by atoms with van der Waals surface area (Å²) in [6.07, 6.45) is 12.9. The molecule has 3 nitrogen and oxygen atoms in total. The van der Waals surface area contributed by atoms with Crippen LogP contribution in [-0.2, 0) is 4.74 Å². The quantitative estimate of drug-likeness (QED) is 0.679. The molecule has 116 valence electrons. The molecule has 1 heterocycles. The molecule has 1 unspecified atom stereocenters. The number of nitrogens with zero attached hydrogens (tertiary/aromatic N) is 1. The highest BCUT2D eigenvalue weighted by molar-refractivity contribution is 5.71. The zero-order valence-electron chi connectivity index (χ0n) is 13.3. The largest absolute Gasteiger partial charge is 0.415 e. The van der Waals surface area contributed by atoms with Gasteiger partial charge in [0.25, 0.3) is 0 Å². The first kappa shape index (κ1) is 15.9. The van der Waals surface area contributed by atoms with Crippen LogP contribution in [0.25, 0.3) is 0 Å². The number of hydrogen-bond donors (Lipinski definition) is 0. The third-order valence-corrected chi connectivity index (χ3v) is 4.57. The predicted molar refractivity (Wildman–Crippen MR) is 85.9 cm³/mol. The summed E-state index contributed by atoms with van der Waals surface area (Å²) in [6, 6.07) is 0.250. The number of amides is 1. The molecule has 0 aromatic rings. The lowest BCUT2D eigenvalue weighted by molar-refractivity contribution is 0.0985. The van der Waals surface area contributed by atoms with E-state index in [1.165, 1.54) is 32.1 Å². The molecule has 1 aliphatic heterocycles. The molecular formula is C18H27NO2. The van der Waals surface area contributed by atoms with Gasteiger partial charge in [0.1, 0.15) is 5.76 Å². The minimum absolute atomic E-state index is 0.215. The van der Waals surface area contributed by atoms with Crippen molar-refractivity contribution in [2.24, 2.45) is 5.92 Å². The van der Waals surface area contributed by atoms with E-state index in [9.17, 15) is 4.79 Å². The van der Waals surface area contributed by atoms with Gasteiger partial charge in [-0.15, -0.1) is 0 Å². The van der Waals surface area contributed by atoms with Crippen LogP contribution in [-0.4, -0.2) is 23.6 Å². The number of ether oxygens (including phenoxy) is 1. The maximum atomic E-state index is 12.2. The number of carbonyl (C=O) groups excluding carboxylic acids is 1. The second-order valence-corrected chi connectivity index (χ2v) is 6.32. The van der Waals surface area contributed by atoms with E-state index in [1.54, 1.807) is 12.2 Å². The standard InChI is InChI=1S/C18H27NO2/c1-4-5-11-17-14(2)13-19(18(20)21-17)15(3)12-16-9-7-6-8-10-16/h4-5,11,15-16H,1,6-10,12-13H2,2-3H3/b11-5-. The Bertz CT molecular complexity index is 444. The van der Waals surface area contributed by atoms with Crippen molar-refractivity contribution in [3.05, 3.63) is 36.1 Å². The molecule has 0 N–H and O–H groups in total. The van der Waals surface area contributed by atoms with Gasteiger partial charge in [0.2, 0.25) is 0 Å². The Balaban J connectivity index is 1.97. The lowest BCUT2D eigenvalue weighted by atomic mass is 9.85. The first-order valence-electron chi connectivity index (χ1n) is 8.09. The summed E-state index contributed by atoms with van der Waals surface area (Å²) in [4.78, 5) is 14.1.